The molecule has 404 valence electrons. The van der Waals surface area contributed by atoms with Gasteiger partial charge in [-0.3, -0.25) is 19.6 Å². The fourth-order valence-electron chi connectivity index (χ4n) is 10.6. The molecule has 4 aliphatic heterocycles. The Balaban J connectivity index is 0.688. The first kappa shape index (κ1) is 53.2. The number of benzene rings is 2. The largest absolute Gasteiger partial charge is 0.492 e. The van der Waals surface area contributed by atoms with E-state index in [0.29, 0.717) is 65.2 Å². The molecule has 4 aliphatic rings. The van der Waals surface area contributed by atoms with Crippen LogP contribution in [0.2, 0.25) is 0 Å². The number of fused-ring (bicyclic) bond motifs is 1. The number of H-pyrrole nitrogens is 1. The number of aromatic amines is 1. The van der Waals surface area contributed by atoms with Gasteiger partial charge in [0.1, 0.15) is 45.4 Å². The standard InChI is InChI=1S/C54H68FN13O6S2/c1-33-27-67(29-48(69)68-17-7-8-45(68)52-61-44(31-75-52)49(70)37-9-11-38(55)12-10-37)39(24-56-33)28-65-18-15-40(16-19-65)74-41-25-57-53(58-26-41)66-20-13-36(14-21-66)30-73-46-23-43-42(22-47(46)76(71,72)54(4,5)6)51(60-32-59-43)62-50-34(2)35(3)63-64-50/h9-12,22-23,25-26,31-33,36,39-40,45,56H,7-8,13-21,24,27-30H2,1-6H3,(H2,59,60,62,63,64)/t33-,39-,45?/m1/s1. The highest BCUT2D eigenvalue weighted by Gasteiger charge is 2.38. The molecule has 1 unspecified atom stereocenters. The van der Waals surface area contributed by atoms with Crippen molar-refractivity contribution in [2.45, 2.75) is 114 Å². The summed E-state index contributed by atoms with van der Waals surface area (Å²) in [5.41, 5.74) is 3.11. The molecule has 0 bridgehead atoms. The second-order valence-corrected chi connectivity index (χ2v) is 25.3. The van der Waals surface area contributed by atoms with Gasteiger partial charge in [0.15, 0.2) is 21.4 Å². The molecule has 0 aliphatic carbocycles. The number of aromatic nitrogens is 7. The molecule has 8 heterocycles. The number of ether oxygens (including phenoxy) is 2. The summed E-state index contributed by atoms with van der Waals surface area (Å²) < 4.78 is 53.3. The average Bonchev–Trinajstić information content (AvgIpc) is 4.19. The predicted molar refractivity (Wildman–Crippen MR) is 289 cm³/mol. The second-order valence-electron chi connectivity index (χ2n) is 21.7. The number of nitrogens with one attached hydrogen (secondary N) is 3. The number of anilines is 3. The molecular weight excluding hydrogens is 1010 g/mol. The number of halogens is 1. The maximum Gasteiger partial charge on any atom is 0.237 e. The third kappa shape index (κ3) is 11.7. The van der Waals surface area contributed by atoms with Crippen LogP contribution in [0, 0.1) is 25.6 Å². The Bertz CT molecular complexity index is 3130. The van der Waals surface area contributed by atoms with Crippen molar-refractivity contribution in [1.82, 2.24) is 55.1 Å². The highest BCUT2D eigenvalue weighted by atomic mass is 32.2. The predicted octanol–water partition coefficient (Wildman–Crippen LogP) is 7.07. The number of sulfone groups is 1. The number of hydrogen-bond donors (Lipinski definition) is 3. The number of likely N-dealkylation sites (tertiary alicyclic amines) is 2. The molecule has 6 aromatic rings. The van der Waals surface area contributed by atoms with Crippen molar-refractivity contribution in [1.29, 1.82) is 0 Å². The van der Waals surface area contributed by atoms with Crippen LogP contribution < -0.4 is 25.0 Å². The van der Waals surface area contributed by atoms with Crippen LogP contribution in [0.4, 0.5) is 22.0 Å². The summed E-state index contributed by atoms with van der Waals surface area (Å²) in [6, 6.07) is 9.07. The van der Waals surface area contributed by atoms with Crippen LogP contribution in [0.25, 0.3) is 10.9 Å². The molecule has 2 aromatic carbocycles. The number of rotatable bonds is 16. The van der Waals surface area contributed by atoms with Gasteiger partial charge in [-0.05, 0) is 116 Å². The quantitative estimate of drug-likeness (QED) is 0.0826. The molecule has 1 amide bonds. The minimum absolute atomic E-state index is 0.0382. The summed E-state index contributed by atoms with van der Waals surface area (Å²) in [5.74, 6) is 2.23. The van der Waals surface area contributed by atoms with E-state index in [0.717, 1.165) is 101 Å². The molecule has 0 radical (unpaired) electrons. The van der Waals surface area contributed by atoms with Crippen molar-refractivity contribution in [3.05, 3.63) is 93.8 Å². The van der Waals surface area contributed by atoms with Crippen LogP contribution in [-0.2, 0) is 14.6 Å². The van der Waals surface area contributed by atoms with E-state index in [1.165, 1.54) is 41.9 Å². The lowest BCUT2D eigenvalue weighted by atomic mass is 9.98. The van der Waals surface area contributed by atoms with Crippen molar-refractivity contribution >= 4 is 61.4 Å². The summed E-state index contributed by atoms with van der Waals surface area (Å²) in [6.07, 6.45) is 10.0. The first-order valence-corrected chi connectivity index (χ1v) is 28.8. The molecule has 22 heteroatoms. The van der Waals surface area contributed by atoms with E-state index in [9.17, 15) is 22.4 Å². The van der Waals surface area contributed by atoms with Gasteiger partial charge in [0, 0.05) is 98.1 Å². The van der Waals surface area contributed by atoms with Crippen molar-refractivity contribution in [3.8, 4) is 11.5 Å². The van der Waals surface area contributed by atoms with Gasteiger partial charge in [-0.1, -0.05) is 0 Å². The maximum atomic E-state index is 14.1. The Hall–Kier alpha value is -6.20. The average molecular weight is 1080 g/mol. The van der Waals surface area contributed by atoms with Gasteiger partial charge in [-0.2, -0.15) is 5.10 Å². The first-order chi connectivity index (χ1) is 36.5. The number of nitrogens with zero attached hydrogens (tertiary/aromatic N) is 10. The second kappa shape index (κ2) is 22.4. The summed E-state index contributed by atoms with van der Waals surface area (Å²) in [5, 5.41) is 17.3. The maximum absolute atomic E-state index is 14.1. The lowest BCUT2D eigenvalue weighted by Crippen LogP contribution is -2.61. The Morgan fingerprint density at radius 1 is 0.934 bits per heavy atom. The van der Waals surface area contributed by atoms with Gasteiger partial charge in [-0.15, -0.1) is 11.3 Å². The summed E-state index contributed by atoms with van der Waals surface area (Å²) in [7, 11) is -3.83. The Morgan fingerprint density at radius 3 is 2.39 bits per heavy atom. The third-order valence-electron chi connectivity index (χ3n) is 15.4. The lowest BCUT2D eigenvalue weighted by molar-refractivity contribution is -0.134. The molecule has 76 heavy (non-hydrogen) atoms. The van der Waals surface area contributed by atoms with Crippen LogP contribution in [0.5, 0.6) is 11.5 Å². The fraction of sp³-hybridized carbons (Fsp3) is 0.519. The number of piperidine rings is 2. The number of aryl methyl sites for hydroxylation is 1. The number of amides is 1. The number of carbonyl (C=O) groups is 2. The molecular formula is C54H68FN13O6S2. The van der Waals surface area contributed by atoms with E-state index in [1.807, 2.05) is 18.7 Å². The Morgan fingerprint density at radius 2 is 1.68 bits per heavy atom. The van der Waals surface area contributed by atoms with Crippen LogP contribution in [0.3, 0.4) is 0 Å². The SMILES string of the molecule is Cc1[nH]nc(Nc2ncnc3cc(OCC4CCN(c5ncc(OC6CCN(C[C@H]7CN[C@H](C)CN7CC(=O)N7CCCC7c7nc(C(=O)c8ccc(F)cc8)cs7)CC6)cn5)CC4)c(S(=O)(=O)C(C)(C)C)cc23)c1C. The fourth-order valence-corrected chi connectivity index (χ4v) is 12.8. The molecule has 4 aromatic heterocycles. The van der Waals surface area contributed by atoms with E-state index in [-0.39, 0.29) is 52.5 Å². The summed E-state index contributed by atoms with van der Waals surface area (Å²) in [4.78, 5) is 59.2. The van der Waals surface area contributed by atoms with Gasteiger partial charge in [0.25, 0.3) is 0 Å². The molecule has 10 rings (SSSR count). The minimum atomic E-state index is -3.83. The van der Waals surface area contributed by atoms with E-state index in [4.69, 9.17) is 19.4 Å². The summed E-state index contributed by atoms with van der Waals surface area (Å²) >= 11 is 1.40. The van der Waals surface area contributed by atoms with Crippen molar-refractivity contribution in [2.75, 3.05) is 75.7 Å². The zero-order valence-electron chi connectivity index (χ0n) is 44.1. The van der Waals surface area contributed by atoms with Crippen molar-refractivity contribution in [3.63, 3.8) is 0 Å². The van der Waals surface area contributed by atoms with Gasteiger partial charge in [-0.25, -0.2) is 37.7 Å². The molecule has 0 spiro atoms. The van der Waals surface area contributed by atoms with Gasteiger partial charge >= 0.3 is 0 Å². The summed E-state index contributed by atoms with van der Waals surface area (Å²) in [6.45, 7) is 18.0. The monoisotopic (exact) mass is 1080 g/mol. The highest BCUT2D eigenvalue weighted by molar-refractivity contribution is 7.92. The van der Waals surface area contributed by atoms with E-state index < -0.39 is 20.4 Å². The molecule has 4 saturated heterocycles. The van der Waals surface area contributed by atoms with Crippen LogP contribution in [-0.4, -0.2) is 158 Å². The lowest BCUT2D eigenvalue weighted by Gasteiger charge is -2.43. The van der Waals surface area contributed by atoms with Gasteiger partial charge in [0.05, 0.1) is 41.9 Å². The molecule has 3 N–H and O–H groups in total. The van der Waals surface area contributed by atoms with Gasteiger partial charge in [0.2, 0.25) is 17.6 Å². The van der Waals surface area contributed by atoms with E-state index >= 15 is 0 Å². The first-order valence-electron chi connectivity index (χ1n) is 26.4. The number of piperazine rings is 1. The zero-order valence-corrected chi connectivity index (χ0v) is 45.7. The number of hydrogen-bond acceptors (Lipinski definition) is 18. The normalized spacial score (nSPS) is 20.6. The number of ketones is 1. The minimum Gasteiger partial charge on any atom is -0.492 e. The molecule has 4 fully saturated rings. The molecule has 3 atom stereocenters. The molecule has 0 saturated carbocycles. The van der Waals surface area contributed by atoms with Crippen molar-refractivity contribution < 1.29 is 31.9 Å². The van der Waals surface area contributed by atoms with E-state index in [1.54, 1.807) is 50.7 Å². The Kier molecular flexibility index (Phi) is 15.7. The smallest absolute Gasteiger partial charge is 0.237 e. The Labute approximate surface area is 447 Å². The van der Waals surface area contributed by atoms with E-state index in [2.05, 4.69) is 57.4 Å². The third-order valence-corrected chi connectivity index (χ3v) is 18.8. The van der Waals surface area contributed by atoms with Crippen LogP contribution >= 0.6 is 11.3 Å². The number of thiazole rings is 1. The van der Waals surface area contributed by atoms with Gasteiger partial charge < -0.3 is 34.8 Å². The zero-order chi connectivity index (χ0) is 53.3. The topological polar surface area (TPSA) is 217 Å². The molecule has 19 nitrogen and oxygen atoms in total. The number of carbonyl (C=O) groups excluding carboxylic acids is 2. The highest BCUT2D eigenvalue weighted by Crippen LogP contribution is 2.39. The van der Waals surface area contributed by atoms with Crippen molar-refractivity contribution in [2.24, 2.45) is 5.92 Å². The van der Waals surface area contributed by atoms with Crippen LogP contribution in [0.15, 0.2) is 65.4 Å². The van der Waals surface area contributed by atoms with Crippen LogP contribution in [0.1, 0.15) is 105 Å².